The standard InChI is InChI=1S/C17H21F2N3OS/c1-3-17(4-2)11-22(9-10-24(17)23)16-12-7-5-6-8-13(12)20-15(21-16)14(18)19/h5-8,14H,3-4,9-11H2,1-2H3. The number of anilines is 1. The van der Waals surface area contributed by atoms with Crippen LogP contribution >= 0.6 is 0 Å². The van der Waals surface area contributed by atoms with Crippen molar-refractivity contribution >= 4 is 27.5 Å². The van der Waals surface area contributed by atoms with Crippen molar-refractivity contribution in [3.63, 3.8) is 0 Å². The van der Waals surface area contributed by atoms with Crippen molar-refractivity contribution in [3.05, 3.63) is 30.1 Å². The molecule has 2 aromatic rings. The highest BCUT2D eigenvalue weighted by molar-refractivity contribution is 7.86. The highest BCUT2D eigenvalue weighted by Crippen LogP contribution is 2.34. The van der Waals surface area contributed by atoms with Gasteiger partial charge in [-0.25, -0.2) is 18.7 Å². The Hall–Kier alpha value is -1.63. The molecule has 1 fully saturated rings. The van der Waals surface area contributed by atoms with Crippen molar-refractivity contribution in [1.29, 1.82) is 0 Å². The van der Waals surface area contributed by atoms with E-state index in [4.69, 9.17) is 0 Å². The minimum Gasteiger partial charge on any atom is -0.354 e. The molecule has 1 aromatic heterocycles. The van der Waals surface area contributed by atoms with E-state index in [2.05, 4.69) is 9.97 Å². The normalized spacial score (nSPS) is 20.7. The smallest absolute Gasteiger partial charge is 0.297 e. The Morgan fingerprint density at radius 1 is 1.25 bits per heavy atom. The lowest BCUT2D eigenvalue weighted by Gasteiger charge is -2.42. The molecule has 1 aromatic carbocycles. The number of alkyl halides is 2. The second-order valence-corrected chi connectivity index (χ2v) is 8.05. The van der Waals surface area contributed by atoms with E-state index in [-0.39, 0.29) is 4.75 Å². The first kappa shape index (κ1) is 17.2. The Labute approximate surface area is 142 Å². The van der Waals surface area contributed by atoms with E-state index in [1.807, 2.05) is 30.9 Å². The Balaban J connectivity index is 2.10. The van der Waals surface area contributed by atoms with E-state index in [1.165, 1.54) is 0 Å². The van der Waals surface area contributed by atoms with Gasteiger partial charge >= 0.3 is 0 Å². The summed E-state index contributed by atoms with van der Waals surface area (Å²) in [5, 5.41) is 0.760. The summed E-state index contributed by atoms with van der Waals surface area (Å²) in [5.41, 5.74) is 0.517. The fraction of sp³-hybridized carbons (Fsp3) is 0.529. The summed E-state index contributed by atoms with van der Waals surface area (Å²) in [7, 11) is -0.912. The summed E-state index contributed by atoms with van der Waals surface area (Å²) in [4.78, 5) is 10.1. The van der Waals surface area contributed by atoms with Gasteiger partial charge in [0.2, 0.25) is 0 Å². The Morgan fingerprint density at radius 2 is 1.96 bits per heavy atom. The summed E-state index contributed by atoms with van der Waals surface area (Å²) < 4.78 is 38.6. The Kier molecular flexibility index (Phi) is 4.80. The van der Waals surface area contributed by atoms with Gasteiger partial charge in [-0.1, -0.05) is 26.0 Å². The third-order valence-electron chi connectivity index (χ3n) is 4.89. The van der Waals surface area contributed by atoms with E-state index in [1.54, 1.807) is 12.1 Å². The molecule has 0 radical (unpaired) electrons. The number of benzene rings is 1. The molecule has 130 valence electrons. The molecule has 2 heterocycles. The van der Waals surface area contributed by atoms with Crippen LogP contribution in [0.3, 0.4) is 0 Å². The summed E-state index contributed by atoms with van der Waals surface area (Å²) in [6.07, 6.45) is -1.14. The highest BCUT2D eigenvalue weighted by atomic mass is 32.2. The van der Waals surface area contributed by atoms with Gasteiger partial charge < -0.3 is 4.90 Å². The SMILES string of the molecule is CCC1(CC)CN(c2nc(C(F)F)nc3ccccc23)CCS1=O. The number of aromatic nitrogens is 2. The predicted molar refractivity (Wildman–Crippen MR) is 93.0 cm³/mol. The molecule has 1 aliphatic rings. The van der Waals surface area contributed by atoms with Crippen molar-refractivity contribution in [1.82, 2.24) is 9.97 Å². The van der Waals surface area contributed by atoms with E-state index in [9.17, 15) is 13.0 Å². The summed E-state index contributed by atoms with van der Waals surface area (Å²) in [5.74, 6) is 0.608. The van der Waals surface area contributed by atoms with Crippen LogP contribution in [-0.4, -0.2) is 37.8 Å². The quantitative estimate of drug-likeness (QED) is 0.841. The van der Waals surface area contributed by atoms with Gasteiger partial charge in [0.25, 0.3) is 6.43 Å². The molecule has 0 saturated carbocycles. The van der Waals surface area contributed by atoms with E-state index >= 15 is 0 Å². The number of nitrogens with zero attached hydrogens (tertiary/aromatic N) is 3. The summed E-state index contributed by atoms with van der Waals surface area (Å²) >= 11 is 0. The van der Waals surface area contributed by atoms with Gasteiger partial charge in [0.15, 0.2) is 5.82 Å². The largest absolute Gasteiger partial charge is 0.354 e. The molecule has 0 aliphatic carbocycles. The second-order valence-electron chi connectivity index (χ2n) is 6.08. The molecule has 7 heteroatoms. The molecule has 1 atom stereocenters. The minimum absolute atomic E-state index is 0.310. The number of para-hydroxylation sites is 1. The van der Waals surface area contributed by atoms with Crippen molar-refractivity contribution in [3.8, 4) is 0 Å². The number of hydrogen-bond acceptors (Lipinski definition) is 4. The highest BCUT2D eigenvalue weighted by Gasteiger charge is 2.39. The topological polar surface area (TPSA) is 46.1 Å². The summed E-state index contributed by atoms with van der Waals surface area (Å²) in [6, 6.07) is 7.21. The zero-order chi connectivity index (χ0) is 17.3. The number of rotatable bonds is 4. The first-order chi connectivity index (χ1) is 11.5. The third kappa shape index (κ3) is 2.90. The van der Waals surface area contributed by atoms with Crippen LogP contribution in [0.25, 0.3) is 10.9 Å². The molecule has 0 spiro atoms. The van der Waals surface area contributed by atoms with Crippen LogP contribution in [0.5, 0.6) is 0 Å². The van der Waals surface area contributed by atoms with Gasteiger partial charge in [-0.15, -0.1) is 0 Å². The fourth-order valence-corrected chi connectivity index (χ4v) is 5.06. The number of hydrogen-bond donors (Lipinski definition) is 0. The lowest BCUT2D eigenvalue weighted by atomic mass is 10.0. The molecule has 1 saturated heterocycles. The first-order valence-electron chi connectivity index (χ1n) is 8.19. The Bertz CT molecular complexity index is 765. The van der Waals surface area contributed by atoms with E-state index in [0.29, 0.717) is 30.2 Å². The lowest BCUT2D eigenvalue weighted by molar-refractivity contribution is 0.141. The van der Waals surface area contributed by atoms with Gasteiger partial charge in [0, 0.05) is 35.0 Å². The number of fused-ring (bicyclic) bond motifs is 1. The summed E-state index contributed by atoms with van der Waals surface area (Å²) in [6.45, 7) is 5.19. The van der Waals surface area contributed by atoms with Gasteiger partial charge in [-0.05, 0) is 25.0 Å². The van der Waals surface area contributed by atoms with E-state index in [0.717, 1.165) is 18.2 Å². The van der Waals surface area contributed by atoms with Crippen LogP contribution in [0.1, 0.15) is 38.9 Å². The number of halogens is 2. The van der Waals surface area contributed by atoms with Crippen molar-refractivity contribution in [2.45, 2.75) is 37.9 Å². The van der Waals surface area contributed by atoms with Crippen molar-refractivity contribution in [2.24, 2.45) is 0 Å². The molecule has 3 rings (SSSR count). The lowest BCUT2D eigenvalue weighted by Crippen LogP contribution is -2.53. The zero-order valence-electron chi connectivity index (χ0n) is 13.8. The van der Waals surface area contributed by atoms with Crippen LogP contribution < -0.4 is 4.90 Å². The zero-order valence-corrected chi connectivity index (χ0v) is 14.7. The van der Waals surface area contributed by atoms with Gasteiger partial charge in [-0.2, -0.15) is 0 Å². The monoisotopic (exact) mass is 353 g/mol. The first-order valence-corrected chi connectivity index (χ1v) is 9.51. The molecule has 4 nitrogen and oxygen atoms in total. The molecule has 1 unspecified atom stereocenters. The molecule has 0 bridgehead atoms. The molecular formula is C17H21F2N3OS. The molecular weight excluding hydrogens is 332 g/mol. The van der Waals surface area contributed by atoms with Gasteiger partial charge in [0.1, 0.15) is 5.82 Å². The van der Waals surface area contributed by atoms with Gasteiger partial charge in [-0.3, -0.25) is 4.21 Å². The van der Waals surface area contributed by atoms with Gasteiger partial charge in [0.05, 0.1) is 10.3 Å². The molecule has 0 N–H and O–H groups in total. The average molecular weight is 353 g/mol. The van der Waals surface area contributed by atoms with Crippen molar-refractivity contribution < 1.29 is 13.0 Å². The minimum atomic E-state index is -2.71. The van der Waals surface area contributed by atoms with Crippen LogP contribution in [0, 0.1) is 0 Å². The maximum atomic E-state index is 13.2. The molecule has 24 heavy (non-hydrogen) atoms. The predicted octanol–water partition coefficient (Wildman–Crippen LogP) is 3.69. The third-order valence-corrected chi connectivity index (χ3v) is 7.12. The average Bonchev–Trinajstić information content (AvgIpc) is 2.61. The maximum Gasteiger partial charge on any atom is 0.297 e. The van der Waals surface area contributed by atoms with Crippen LogP contribution in [0.4, 0.5) is 14.6 Å². The van der Waals surface area contributed by atoms with Crippen LogP contribution in [-0.2, 0) is 10.8 Å². The maximum absolute atomic E-state index is 13.2. The van der Waals surface area contributed by atoms with Crippen molar-refractivity contribution in [2.75, 3.05) is 23.7 Å². The molecule has 0 amide bonds. The van der Waals surface area contributed by atoms with E-state index < -0.39 is 23.0 Å². The Morgan fingerprint density at radius 3 is 2.62 bits per heavy atom. The molecule has 1 aliphatic heterocycles. The van der Waals surface area contributed by atoms with Crippen LogP contribution in [0.2, 0.25) is 0 Å². The van der Waals surface area contributed by atoms with Crippen LogP contribution in [0.15, 0.2) is 24.3 Å². The fourth-order valence-electron chi connectivity index (χ4n) is 3.30. The second kappa shape index (κ2) is 6.70.